The van der Waals surface area contributed by atoms with E-state index in [1.807, 2.05) is 12.1 Å². The van der Waals surface area contributed by atoms with Gasteiger partial charge in [-0.25, -0.2) is 15.0 Å². The molecule has 0 radical (unpaired) electrons. The van der Waals surface area contributed by atoms with Crippen molar-refractivity contribution in [2.24, 2.45) is 0 Å². The van der Waals surface area contributed by atoms with Gasteiger partial charge in [0.25, 0.3) is 0 Å². The van der Waals surface area contributed by atoms with Gasteiger partial charge in [-0.05, 0) is 12.1 Å². The standard InChI is InChI=1S/C13H10BrN5O/c14-9-3-1-8(2-4-9)10(20)5-19-7-18-11-12(15)16-6-17-13(11)19/h1-4,6-7H,5H2,(H2,15,16,17). The fourth-order valence-corrected chi connectivity index (χ4v) is 2.16. The van der Waals surface area contributed by atoms with Gasteiger partial charge in [0.05, 0.1) is 12.9 Å². The number of nitrogens with two attached hydrogens (primary N) is 1. The van der Waals surface area contributed by atoms with Crippen LogP contribution in [-0.2, 0) is 6.54 Å². The highest BCUT2D eigenvalue weighted by Crippen LogP contribution is 2.16. The lowest BCUT2D eigenvalue weighted by molar-refractivity contribution is 0.0973. The molecule has 0 spiro atoms. The SMILES string of the molecule is Nc1ncnc2c1ncn2CC(=O)c1ccc(Br)cc1. The molecule has 0 bridgehead atoms. The van der Waals surface area contributed by atoms with E-state index in [1.165, 1.54) is 6.33 Å². The highest BCUT2D eigenvalue weighted by molar-refractivity contribution is 9.10. The van der Waals surface area contributed by atoms with Crippen molar-refractivity contribution >= 4 is 38.7 Å². The molecule has 0 aliphatic rings. The maximum absolute atomic E-state index is 12.2. The number of halogens is 1. The first kappa shape index (κ1) is 12.7. The van der Waals surface area contributed by atoms with E-state index >= 15 is 0 Å². The van der Waals surface area contributed by atoms with Gasteiger partial charge in [0, 0.05) is 10.0 Å². The normalized spacial score (nSPS) is 10.8. The van der Waals surface area contributed by atoms with Crippen molar-refractivity contribution in [3.8, 4) is 0 Å². The van der Waals surface area contributed by atoms with Crippen LogP contribution >= 0.6 is 15.9 Å². The van der Waals surface area contributed by atoms with E-state index in [4.69, 9.17) is 5.73 Å². The minimum atomic E-state index is -0.0195. The molecule has 7 heteroatoms. The molecule has 2 aromatic heterocycles. The second kappa shape index (κ2) is 5.01. The Hall–Kier alpha value is -2.28. The minimum absolute atomic E-state index is 0.0195. The van der Waals surface area contributed by atoms with Gasteiger partial charge in [-0.1, -0.05) is 28.1 Å². The van der Waals surface area contributed by atoms with E-state index in [9.17, 15) is 4.79 Å². The molecule has 0 saturated heterocycles. The number of aromatic nitrogens is 4. The Labute approximate surface area is 122 Å². The Morgan fingerprint density at radius 1 is 1.20 bits per heavy atom. The van der Waals surface area contributed by atoms with Gasteiger partial charge >= 0.3 is 0 Å². The van der Waals surface area contributed by atoms with E-state index in [-0.39, 0.29) is 12.3 Å². The minimum Gasteiger partial charge on any atom is -0.382 e. The smallest absolute Gasteiger partial charge is 0.182 e. The molecule has 3 rings (SSSR count). The van der Waals surface area contributed by atoms with Gasteiger partial charge in [0.1, 0.15) is 11.8 Å². The maximum Gasteiger partial charge on any atom is 0.182 e. The van der Waals surface area contributed by atoms with Gasteiger partial charge in [0.15, 0.2) is 17.2 Å². The number of benzene rings is 1. The summed E-state index contributed by atoms with van der Waals surface area (Å²) in [6.45, 7) is 0.161. The van der Waals surface area contributed by atoms with Crippen LogP contribution in [0.15, 0.2) is 41.4 Å². The molecule has 0 unspecified atom stereocenters. The van der Waals surface area contributed by atoms with Gasteiger partial charge < -0.3 is 10.3 Å². The van der Waals surface area contributed by atoms with Crippen LogP contribution in [0.25, 0.3) is 11.2 Å². The molecule has 0 saturated carbocycles. The second-order valence-electron chi connectivity index (χ2n) is 4.23. The Morgan fingerprint density at radius 2 is 1.95 bits per heavy atom. The maximum atomic E-state index is 12.2. The predicted octanol–water partition coefficient (Wildman–Crippen LogP) is 2.05. The molecule has 2 heterocycles. The van der Waals surface area contributed by atoms with Gasteiger partial charge in [0.2, 0.25) is 0 Å². The van der Waals surface area contributed by atoms with Crippen molar-refractivity contribution in [3.63, 3.8) is 0 Å². The van der Waals surface area contributed by atoms with E-state index in [0.717, 1.165) is 4.47 Å². The average molecular weight is 332 g/mol. The van der Waals surface area contributed by atoms with E-state index < -0.39 is 0 Å². The number of ketones is 1. The molecule has 0 aliphatic heterocycles. The highest BCUT2D eigenvalue weighted by Gasteiger charge is 2.12. The second-order valence-corrected chi connectivity index (χ2v) is 5.15. The van der Waals surface area contributed by atoms with Crippen LogP contribution < -0.4 is 5.73 Å². The average Bonchev–Trinajstić information content (AvgIpc) is 2.84. The quantitative estimate of drug-likeness (QED) is 0.742. The van der Waals surface area contributed by atoms with Crippen LogP contribution in [-0.4, -0.2) is 25.3 Å². The van der Waals surface area contributed by atoms with E-state index in [1.54, 1.807) is 23.0 Å². The molecule has 20 heavy (non-hydrogen) atoms. The summed E-state index contributed by atoms with van der Waals surface area (Å²) in [5.74, 6) is 0.291. The molecule has 0 aliphatic carbocycles. The van der Waals surface area contributed by atoms with Gasteiger partial charge in [-0.2, -0.15) is 0 Å². The van der Waals surface area contributed by atoms with Crippen LogP contribution in [0.1, 0.15) is 10.4 Å². The number of imidazole rings is 1. The number of hydrogen-bond acceptors (Lipinski definition) is 5. The zero-order valence-electron chi connectivity index (χ0n) is 10.3. The predicted molar refractivity (Wildman–Crippen MR) is 78.2 cm³/mol. The summed E-state index contributed by atoms with van der Waals surface area (Å²) in [6, 6.07) is 7.21. The van der Waals surface area contributed by atoms with Crippen LogP contribution in [0.3, 0.4) is 0 Å². The van der Waals surface area contributed by atoms with Crippen molar-refractivity contribution in [1.82, 2.24) is 19.5 Å². The zero-order valence-corrected chi connectivity index (χ0v) is 11.9. The largest absolute Gasteiger partial charge is 0.382 e. The number of anilines is 1. The van der Waals surface area contributed by atoms with Crippen molar-refractivity contribution in [1.29, 1.82) is 0 Å². The lowest BCUT2D eigenvalue weighted by Gasteiger charge is -2.03. The summed E-state index contributed by atoms with van der Waals surface area (Å²) in [5.41, 5.74) is 7.42. The molecule has 0 fully saturated rings. The summed E-state index contributed by atoms with van der Waals surface area (Å²) in [7, 11) is 0. The Bertz CT molecular complexity index is 781. The summed E-state index contributed by atoms with van der Waals surface area (Å²) < 4.78 is 2.60. The fourth-order valence-electron chi connectivity index (χ4n) is 1.90. The number of fused-ring (bicyclic) bond motifs is 1. The van der Waals surface area contributed by atoms with Crippen molar-refractivity contribution in [2.75, 3.05) is 5.73 Å². The molecule has 0 amide bonds. The number of Topliss-reactive ketones (excluding diaryl/α,β-unsaturated/α-hetero) is 1. The van der Waals surface area contributed by atoms with Crippen molar-refractivity contribution in [2.45, 2.75) is 6.54 Å². The number of rotatable bonds is 3. The van der Waals surface area contributed by atoms with E-state index in [0.29, 0.717) is 22.5 Å². The third-order valence-electron chi connectivity index (χ3n) is 2.91. The van der Waals surface area contributed by atoms with Crippen LogP contribution in [0.2, 0.25) is 0 Å². The van der Waals surface area contributed by atoms with Gasteiger partial charge in [-0.15, -0.1) is 0 Å². The first-order chi connectivity index (χ1) is 9.65. The van der Waals surface area contributed by atoms with Crippen molar-refractivity contribution < 1.29 is 4.79 Å². The number of nitrogen functional groups attached to an aromatic ring is 1. The van der Waals surface area contributed by atoms with Gasteiger partial charge in [-0.3, -0.25) is 4.79 Å². The van der Waals surface area contributed by atoms with Crippen LogP contribution in [0.4, 0.5) is 5.82 Å². The Kier molecular flexibility index (Phi) is 3.19. The molecule has 2 N–H and O–H groups in total. The van der Waals surface area contributed by atoms with Crippen LogP contribution in [0, 0.1) is 0 Å². The Balaban J connectivity index is 1.91. The summed E-state index contributed by atoms with van der Waals surface area (Å²) in [5, 5.41) is 0. The van der Waals surface area contributed by atoms with Crippen molar-refractivity contribution in [3.05, 3.63) is 47.0 Å². The van der Waals surface area contributed by atoms with E-state index in [2.05, 4.69) is 30.9 Å². The molecule has 6 nitrogen and oxygen atoms in total. The monoisotopic (exact) mass is 331 g/mol. The number of carbonyl (C=O) groups excluding carboxylic acids is 1. The molecular formula is C13H10BrN5O. The first-order valence-electron chi connectivity index (χ1n) is 5.85. The molecule has 3 aromatic rings. The Morgan fingerprint density at radius 3 is 2.70 bits per heavy atom. The summed E-state index contributed by atoms with van der Waals surface area (Å²) in [6.07, 6.45) is 2.91. The molecule has 1 aromatic carbocycles. The number of nitrogens with zero attached hydrogens (tertiary/aromatic N) is 4. The summed E-state index contributed by atoms with van der Waals surface area (Å²) in [4.78, 5) is 24.3. The number of carbonyl (C=O) groups is 1. The fraction of sp³-hybridized carbons (Fsp3) is 0.0769. The molecule has 100 valence electrons. The topological polar surface area (TPSA) is 86.7 Å². The lowest BCUT2D eigenvalue weighted by Crippen LogP contribution is -2.10. The lowest BCUT2D eigenvalue weighted by atomic mass is 10.1. The number of hydrogen-bond donors (Lipinski definition) is 1. The summed E-state index contributed by atoms with van der Waals surface area (Å²) >= 11 is 3.34. The third kappa shape index (κ3) is 2.27. The highest BCUT2D eigenvalue weighted by atomic mass is 79.9. The first-order valence-corrected chi connectivity index (χ1v) is 6.64. The third-order valence-corrected chi connectivity index (χ3v) is 3.44. The zero-order chi connectivity index (χ0) is 14.1. The van der Waals surface area contributed by atoms with Crippen LogP contribution in [0.5, 0.6) is 0 Å². The molecular weight excluding hydrogens is 322 g/mol. The molecule has 0 atom stereocenters.